The van der Waals surface area contributed by atoms with Gasteiger partial charge in [0.25, 0.3) is 0 Å². The maximum Gasteiger partial charge on any atom is 0.167 e. The van der Waals surface area contributed by atoms with Gasteiger partial charge in [0.05, 0.1) is 0 Å². The van der Waals surface area contributed by atoms with Crippen LogP contribution in [0.3, 0.4) is 0 Å². The number of nitrogens with two attached hydrogens (primary N) is 1. The topological polar surface area (TPSA) is 43.1 Å². The molecule has 0 aliphatic heterocycles. The zero-order chi connectivity index (χ0) is 12.8. The fourth-order valence-electron chi connectivity index (χ4n) is 2.05. The van der Waals surface area contributed by atoms with Gasteiger partial charge in [0.2, 0.25) is 0 Å². The molecular weight excluding hydrogens is 278 g/mol. The summed E-state index contributed by atoms with van der Waals surface area (Å²) in [6.07, 6.45) is 4.01. The molecule has 3 heteroatoms. The van der Waals surface area contributed by atoms with E-state index in [9.17, 15) is 4.79 Å². The Hall–Kier alpha value is -0.830. The number of rotatable bonds is 6. The Morgan fingerprint density at radius 2 is 1.88 bits per heavy atom. The van der Waals surface area contributed by atoms with Gasteiger partial charge in [-0.2, -0.15) is 0 Å². The second-order valence-corrected chi connectivity index (χ2v) is 5.23. The molecule has 0 radical (unpaired) electrons. The number of hydrogen-bond acceptors (Lipinski definition) is 2. The average Bonchev–Trinajstić information content (AvgIpc) is 2.28. The lowest BCUT2D eigenvalue weighted by molar-refractivity contribution is 0.0904. The van der Waals surface area contributed by atoms with Crippen molar-refractivity contribution in [3.8, 4) is 0 Å². The molecule has 0 heterocycles. The summed E-state index contributed by atoms with van der Waals surface area (Å²) in [5, 5.41) is 0. The maximum atomic E-state index is 12.4. The third kappa shape index (κ3) is 3.84. The largest absolute Gasteiger partial charge is 0.399 e. The van der Waals surface area contributed by atoms with E-state index >= 15 is 0 Å². The highest BCUT2D eigenvalue weighted by Gasteiger charge is 2.20. The highest BCUT2D eigenvalue weighted by Crippen LogP contribution is 2.26. The van der Waals surface area contributed by atoms with Gasteiger partial charge in [-0.3, -0.25) is 4.79 Å². The highest BCUT2D eigenvalue weighted by molar-refractivity contribution is 9.10. The number of halogens is 1. The van der Waals surface area contributed by atoms with Crippen LogP contribution in [0.2, 0.25) is 0 Å². The first-order valence-corrected chi connectivity index (χ1v) is 6.98. The second kappa shape index (κ2) is 6.80. The Bertz CT molecular complexity index is 384. The van der Waals surface area contributed by atoms with E-state index in [1.807, 2.05) is 6.07 Å². The van der Waals surface area contributed by atoms with E-state index in [0.717, 1.165) is 35.7 Å². The molecule has 0 aliphatic rings. The predicted octanol–water partition coefficient (Wildman–Crippen LogP) is 4.43. The summed E-state index contributed by atoms with van der Waals surface area (Å²) in [6, 6.07) is 5.40. The summed E-state index contributed by atoms with van der Waals surface area (Å²) >= 11 is 3.42. The minimum atomic E-state index is 0.143. The van der Waals surface area contributed by atoms with Crippen molar-refractivity contribution in [2.45, 2.75) is 39.5 Å². The molecule has 0 aromatic heterocycles. The van der Waals surface area contributed by atoms with Crippen molar-refractivity contribution in [3.05, 3.63) is 28.2 Å². The van der Waals surface area contributed by atoms with Gasteiger partial charge in [-0.25, -0.2) is 0 Å². The highest BCUT2D eigenvalue weighted by atomic mass is 79.9. The summed E-state index contributed by atoms with van der Waals surface area (Å²) < 4.78 is 0.805. The molecule has 0 unspecified atom stereocenters. The van der Waals surface area contributed by atoms with Crippen molar-refractivity contribution in [2.75, 3.05) is 5.73 Å². The molecule has 0 aliphatic carbocycles. The number of carbonyl (C=O) groups excluding carboxylic acids is 1. The lowest BCUT2D eigenvalue weighted by atomic mass is 9.90. The van der Waals surface area contributed by atoms with Gasteiger partial charge < -0.3 is 5.73 Å². The Morgan fingerprint density at radius 1 is 1.29 bits per heavy atom. The molecule has 0 spiro atoms. The first-order chi connectivity index (χ1) is 8.10. The zero-order valence-corrected chi connectivity index (χ0v) is 12.1. The van der Waals surface area contributed by atoms with Gasteiger partial charge in [-0.1, -0.05) is 26.7 Å². The van der Waals surface area contributed by atoms with E-state index in [1.165, 1.54) is 0 Å². The van der Waals surface area contributed by atoms with Gasteiger partial charge in [0.1, 0.15) is 0 Å². The Labute approximate surface area is 112 Å². The SMILES string of the molecule is CCCC(CCC)C(=O)c1ccc(N)cc1Br. The van der Waals surface area contributed by atoms with Crippen LogP contribution >= 0.6 is 15.9 Å². The van der Waals surface area contributed by atoms with E-state index in [1.54, 1.807) is 12.1 Å². The van der Waals surface area contributed by atoms with Crippen LogP contribution < -0.4 is 5.73 Å². The molecule has 0 atom stereocenters. The van der Waals surface area contributed by atoms with E-state index < -0.39 is 0 Å². The third-order valence-corrected chi connectivity index (χ3v) is 3.56. The molecule has 0 bridgehead atoms. The van der Waals surface area contributed by atoms with Crippen LogP contribution in [0.4, 0.5) is 5.69 Å². The molecule has 0 saturated heterocycles. The fourth-order valence-corrected chi connectivity index (χ4v) is 2.65. The number of hydrogen-bond donors (Lipinski definition) is 1. The first-order valence-electron chi connectivity index (χ1n) is 6.19. The number of carbonyl (C=O) groups is 1. The van der Waals surface area contributed by atoms with Gasteiger partial charge in [0.15, 0.2) is 5.78 Å². The van der Waals surface area contributed by atoms with Crippen molar-refractivity contribution in [1.29, 1.82) is 0 Å². The first kappa shape index (κ1) is 14.2. The van der Waals surface area contributed by atoms with Crippen molar-refractivity contribution in [2.24, 2.45) is 5.92 Å². The summed E-state index contributed by atoms with van der Waals surface area (Å²) in [5.74, 6) is 0.380. The average molecular weight is 298 g/mol. The van der Waals surface area contributed by atoms with E-state index in [2.05, 4.69) is 29.8 Å². The molecule has 1 aromatic rings. The third-order valence-electron chi connectivity index (χ3n) is 2.90. The summed E-state index contributed by atoms with van der Waals surface area (Å²) in [6.45, 7) is 4.24. The van der Waals surface area contributed by atoms with Crippen molar-refractivity contribution in [3.63, 3.8) is 0 Å². The Kier molecular flexibility index (Phi) is 5.69. The molecule has 17 heavy (non-hydrogen) atoms. The summed E-state index contributed by atoms with van der Waals surface area (Å²) in [4.78, 5) is 12.4. The van der Waals surface area contributed by atoms with E-state index in [-0.39, 0.29) is 11.7 Å². The molecule has 2 N–H and O–H groups in total. The van der Waals surface area contributed by atoms with Crippen LogP contribution in [-0.4, -0.2) is 5.78 Å². The van der Waals surface area contributed by atoms with Crippen molar-refractivity contribution < 1.29 is 4.79 Å². The van der Waals surface area contributed by atoms with Crippen LogP contribution in [0.5, 0.6) is 0 Å². The van der Waals surface area contributed by atoms with Crippen LogP contribution in [0.15, 0.2) is 22.7 Å². The molecule has 94 valence electrons. The van der Waals surface area contributed by atoms with Gasteiger partial charge in [0, 0.05) is 21.6 Å². The van der Waals surface area contributed by atoms with Crippen molar-refractivity contribution in [1.82, 2.24) is 0 Å². The molecule has 2 nitrogen and oxygen atoms in total. The minimum absolute atomic E-state index is 0.143. The standard InChI is InChI=1S/C14H20BrNO/c1-3-5-10(6-4-2)14(17)12-8-7-11(16)9-13(12)15/h7-10H,3-6,16H2,1-2H3. The summed E-state index contributed by atoms with van der Waals surface area (Å²) in [7, 11) is 0. The van der Waals surface area contributed by atoms with Gasteiger partial charge in [-0.05, 0) is 47.0 Å². The van der Waals surface area contributed by atoms with Gasteiger partial charge >= 0.3 is 0 Å². The lowest BCUT2D eigenvalue weighted by Crippen LogP contribution is -2.15. The van der Waals surface area contributed by atoms with Crippen molar-refractivity contribution >= 4 is 27.4 Å². The minimum Gasteiger partial charge on any atom is -0.399 e. The number of nitrogen functional groups attached to an aromatic ring is 1. The molecule has 0 fully saturated rings. The molecule has 0 saturated carbocycles. The Balaban J connectivity index is 2.92. The molecule has 1 rings (SSSR count). The normalized spacial score (nSPS) is 10.8. The monoisotopic (exact) mass is 297 g/mol. The maximum absolute atomic E-state index is 12.4. The van der Waals surface area contributed by atoms with Crippen LogP contribution in [-0.2, 0) is 0 Å². The van der Waals surface area contributed by atoms with E-state index in [4.69, 9.17) is 5.73 Å². The number of anilines is 1. The smallest absolute Gasteiger partial charge is 0.167 e. The predicted molar refractivity (Wildman–Crippen MR) is 76.2 cm³/mol. The number of benzene rings is 1. The quantitative estimate of drug-likeness (QED) is 0.623. The lowest BCUT2D eigenvalue weighted by Gasteiger charge is -2.15. The molecular formula is C14H20BrNO. The van der Waals surface area contributed by atoms with Crippen LogP contribution in [0.25, 0.3) is 0 Å². The fraction of sp³-hybridized carbons (Fsp3) is 0.500. The van der Waals surface area contributed by atoms with E-state index in [0.29, 0.717) is 5.69 Å². The zero-order valence-electron chi connectivity index (χ0n) is 10.5. The van der Waals surface area contributed by atoms with Crippen LogP contribution in [0.1, 0.15) is 49.9 Å². The van der Waals surface area contributed by atoms with Crippen LogP contribution in [0, 0.1) is 5.92 Å². The number of Topliss-reactive ketones (excluding diaryl/α,β-unsaturated/α-hetero) is 1. The van der Waals surface area contributed by atoms with Gasteiger partial charge in [-0.15, -0.1) is 0 Å². The number of ketones is 1. The Morgan fingerprint density at radius 3 is 2.35 bits per heavy atom. The second-order valence-electron chi connectivity index (χ2n) is 4.38. The molecule has 0 amide bonds. The molecule has 1 aromatic carbocycles. The summed E-state index contributed by atoms with van der Waals surface area (Å²) in [5.41, 5.74) is 7.11.